The average molecular weight is 1560 g/mol. The number of carboxylic acid groups (broad SMARTS) is 3. The molecular weight excluding hydrogens is 1490 g/mol. The van der Waals surface area contributed by atoms with Crippen LogP contribution >= 0.6 is 0 Å². The molecule has 26 heteroatoms. The van der Waals surface area contributed by atoms with E-state index in [0.717, 1.165) is 89.4 Å². The van der Waals surface area contributed by atoms with Crippen LogP contribution in [0.25, 0.3) is 99.9 Å². The summed E-state index contributed by atoms with van der Waals surface area (Å²) in [5.74, 6) is -3.31. The van der Waals surface area contributed by atoms with E-state index < -0.39 is 34.8 Å². The molecule has 3 aromatic carbocycles. The molecule has 0 aliphatic rings. The molecule has 0 amide bonds. The molecule has 0 atom stereocenters. The fourth-order valence-electron chi connectivity index (χ4n) is 15.2. The summed E-state index contributed by atoms with van der Waals surface area (Å²) in [6.07, 6.45) is 20.8. The molecule has 0 saturated heterocycles. The van der Waals surface area contributed by atoms with Crippen molar-refractivity contribution in [1.82, 2.24) is 74.0 Å². The fraction of sp³-hybridized carbons (Fsp3) is 0.109. The van der Waals surface area contributed by atoms with Crippen molar-refractivity contribution < 1.29 is 47.7 Å². The van der Waals surface area contributed by atoms with Crippen molar-refractivity contribution in [3.05, 3.63) is 360 Å². The zero-order valence-electron chi connectivity index (χ0n) is 64.3. The Balaban J connectivity index is 0.000000132. The molecular formula is C92H69FN16O9. The summed E-state index contributed by atoms with van der Waals surface area (Å²) in [6.45, 7) is 13.3. The molecule has 118 heavy (non-hydrogen) atoms. The van der Waals surface area contributed by atoms with Gasteiger partial charge < -0.3 is 42.6 Å². The number of aryl methyl sites for hydroxylation is 6. The summed E-state index contributed by atoms with van der Waals surface area (Å²) in [4.78, 5) is 76.4. The highest BCUT2D eigenvalue weighted by Gasteiger charge is 2.44. The van der Waals surface area contributed by atoms with E-state index in [1.807, 2.05) is 137 Å². The van der Waals surface area contributed by atoms with Gasteiger partial charge in [-0.2, -0.15) is 5.26 Å². The van der Waals surface area contributed by atoms with Crippen LogP contribution in [0.3, 0.4) is 0 Å². The van der Waals surface area contributed by atoms with E-state index in [9.17, 15) is 35.0 Å². The number of hydrogen-bond donors (Lipinski definition) is 3. The molecule has 0 radical (unpaired) electrons. The van der Waals surface area contributed by atoms with Crippen LogP contribution < -0.4 is 0 Å². The Kier molecular flexibility index (Phi) is 20.1. The first-order chi connectivity index (χ1) is 57.2. The minimum absolute atomic E-state index is 0.149. The van der Waals surface area contributed by atoms with Crippen molar-refractivity contribution >= 4 is 51.0 Å². The highest BCUT2D eigenvalue weighted by molar-refractivity contribution is 6.00. The third kappa shape index (κ3) is 13.6. The smallest absolute Gasteiger partial charge is 0.335 e. The number of carbonyl (C=O) groups is 3. The van der Waals surface area contributed by atoms with Crippen LogP contribution in [0.1, 0.15) is 107 Å². The van der Waals surface area contributed by atoms with Crippen LogP contribution in [0.15, 0.2) is 288 Å². The maximum absolute atomic E-state index is 17.8. The van der Waals surface area contributed by atoms with Gasteiger partial charge in [-0.1, -0.05) is 88.3 Å². The fourth-order valence-corrected chi connectivity index (χ4v) is 15.2. The van der Waals surface area contributed by atoms with Crippen LogP contribution in [0.5, 0.6) is 0 Å². The highest BCUT2D eigenvalue weighted by atomic mass is 19.1. The molecule has 0 aliphatic heterocycles. The molecule has 578 valence electrons. The average Bonchev–Trinajstić information content (AvgIpc) is 1.65. The van der Waals surface area contributed by atoms with E-state index in [0.29, 0.717) is 67.6 Å². The molecule has 0 unspecified atom stereocenters. The van der Waals surface area contributed by atoms with Gasteiger partial charge >= 0.3 is 17.9 Å². The second kappa shape index (κ2) is 31.2. The molecule has 0 spiro atoms. The van der Waals surface area contributed by atoms with E-state index in [4.69, 9.17) is 38.5 Å². The number of pyridine rings is 9. The third-order valence-electron chi connectivity index (χ3n) is 21.0. The monoisotopic (exact) mass is 1560 g/mol. The van der Waals surface area contributed by atoms with Gasteiger partial charge in [0.1, 0.15) is 40.3 Å². The number of halogens is 1. The lowest BCUT2D eigenvalue weighted by Crippen LogP contribution is -2.36. The Morgan fingerprint density at radius 1 is 0.364 bits per heavy atom. The molecule has 18 aromatic rings. The van der Waals surface area contributed by atoms with Gasteiger partial charge in [0, 0.05) is 124 Å². The molecule has 15 heterocycles. The number of carboxylic acids is 3. The Morgan fingerprint density at radius 3 is 0.924 bits per heavy atom. The van der Waals surface area contributed by atoms with E-state index in [2.05, 4.69) is 59.0 Å². The lowest BCUT2D eigenvalue weighted by molar-refractivity contribution is 0.0686. The van der Waals surface area contributed by atoms with Crippen LogP contribution in [0, 0.1) is 52.9 Å². The molecule has 0 bridgehead atoms. The molecule has 3 N–H and O–H groups in total. The molecule has 18 rings (SSSR count). The maximum atomic E-state index is 17.8. The van der Waals surface area contributed by atoms with Gasteiger partial charge in [0.2, 0.25) is 5.54 Å². The van der Waals surface area contributed by atoms with Gasteiger partial charge in [0.05, 0.1) is 89.6 Å². The Labute approximate surface area is 672 Å². The largest absolute Gasteiger partial charge is 0.478 e. The Bertz CT molecular complexity index is 6380. The van der Waals surface area contributed by atoms with Gasteiger partial charge in [-0.15, -0.1) is 0 Å². The number of hydrogen-bond acceptors (Lipinski definition) is 19. The molecule has 25 nitrogen and oxygen atoms in total. The number of nitrogens with zero attached hydrogens (tertiary/aromatic N) is 16. The third-order valence-corrected chi connectivity index (χ3v) is 21.0. The Hall–Kier alpha value is -15.9. The van der Waals surface area contributed by atoms with Gasteiger partial charge in [0.25, 0.3) is 5.79 Å². The second-order valence-corrected chi connectivity index (χ2v) is 28.1. The van der Waals surface area contributed by atoms with Crippen molar-refractivity contribution in [3.8, 4) is 72.8 Å². The first-order valence-electron chi connectivity index (χ1n) is 37.1. The normalized spacial score (nSPS) is 11.6. The number of rotatable bonds is 18. The molecule has 0 saturated carbocycles. The maximum Gasteiger partial charge on any atom is 0.335 e. The quantitative estimate of drug-likeness (QED) is 0.0718. The summed E-state index contributed by atoms with van der Waals surface area (Å²) < 4.78 is 39.5. The van der Waals surface area contributed by atoms with Gasteiger partial charge in [0.15, 0.2) is 0 Å². The lowest BCUT2D eigenvalue weighted by atomic mass is 9.90. The second-order valence-electron chi connectivity index (χ2n) is 28.1. The number of aromatic nitrogens is 15. The minimum atomic E-state index is -2.29. The van der Waals surface area contributed by atoms with Gasteiger partial charge in [-0.05, 0) is 193 Å². The predicted molar refractivity (Wildman–Crippen MR) is 438 cm³/mol. The number of nitriles is 1. The molecule has 0 fully saturated rings. The first-order valence-corrected chi connectivity index (χ1v) is 37.1. The van der Waals surface area contributed by atoms with Crippen molar-refractivity contribution in [2.24, 2.45) is 0 Å². The van der Waals surface area contributed by atoms with Crippen molar-refractivity contribution in [2.45, 2.75) is 65.3 Å². The molecule has 0 aliphatic carbocycles. The summed E-state index contributed by atoms with van der Waals surface area (Å²) in [5, 5.41) is 51.4. The van der Waals surface area contributed by atoms with Crippen LogP contribution in [0.2, 0.25) is 0 Å². The summed E-state index contributed by atoms with van der Waals surface area (Å²) in [7, 11) is 0. The number of aromatic carboxylic acids is 3. The van der Waals surface area contributed by atoms with Crippen molar-refractivity contribution in [1.29, 1.82) is 5.26 Å². The van der Waals surface area contributed by atoms with Crippen molar-refractivity contribution in [2.75, 3.05) is 0 Å². The van der Waals surface area contributed by atoms with Crippen molar-refractivity contribution in [3.63, 3.8) is 0 Å². The lowest BCUT2D eigenvalue weighted by Gasteiger charge is -2.31. The van der Waals surface area contributed by atoms with Crippen LogP contribution in [0.4, 0.5) is 4.39 Å². The predicted octanol–water partition coefficient (Wildman–Crippen LogP) is 18.2. The van der Waals surface area contributed by atoms with E-state index in [1.165, 1.54) is 29.1 Å². The van der Waals surface area contributed by atoms with Crippen LogP contribution in [-0.4, -0.2) is 107 Å². The summed E-state index contributed by atoms with van der Waals surface area (Å²) >= 11 is 0. The number of alkyl halides is 1. The SMILES string of the molecule is Cc1noc(C)c1-c1cnc2c(-c3ccc(C(=O)O)cc3)cn(C(C#N)(c3ccccn3)c3ccccn3)c2c1.Cc1noc(C)c1-c1cnc2c(-c3ccc(C(=O)O)cc3)cn(C(C)(c3ccccn3)c3ccccn3)c2c1.Cc1noc(C)c1-c1cnc2c(-c3ccc(C(=O)O)cc3)cn(C(F)(c3ccccn3)c3ccccn3)c2c1. The number of fused-ring (bicyclic) bond motifs is 3. The van der Waals surface area contributed by atoms with Gasteiger partial charge in [-0.25, -0.2) is 18.8 Å². The van der Waals surface area contributed by atoms with E-state index in [-0.39, 0.29) is 28.1 Å². The highest BCUT2D eigenvalue weighted by Crippen LogP contribution is 2.46. The van der Waals surface area contributed by atoms with Gasteiger partial charge in [-0.3, -0.25) is 44.9 Å². The van der Waals surface area contributed by atoms with E-state index in [1.54, 1.807) is 153 Å². The molecule has 15 aromatic heterocycles. The number of benzene rings is 3. The zero-order chi connectivity index (χ0) is 82.2. The topological polar surface area (TPSA) is 345 Å². The minimum Gasteiger partial charge on any atom is -0.478 e. The standard InChI is InChI=1S/C31H22N6O3.C31H25N5O3.C30H22FN5O3/c1-19-28(20(2)40-36-19)23-15-25-29(35-16-23)24(21-9-11-22(12-10-21)30(38)39)17-37(25)31(18-32,26-7-3-5-13-33-26)27-8-4-6-14-34-27;1-19-28(20(2)39-35-19)23-16-25-29(34-17-23)24(21-10-12-22(13-11-21)30(37)38)18-36(25)31(3,26-8-4-6-14-32-26)27-9-5-7-15-33-27;1-18-27(19(2)39-35-18)22-15-24-28(34-16-22)23(20-9-11-21(12-10-20)29(37)38)17-36(24)30(31,25-7-3-5-13-32-25)26-8-4-6-14-33-26/h3-17H,1-2H3,(H,38,39);4-18H,1-3H3,(H,37,38);3-17H,1-2H3,(H,37,38). The summed E-state index contributed by atoms with van der Waals surface area (Å²) in [6, 6.07) is 61.0. The zero-order valence-corrected chi connectivity index (χ0v) is 64.3. The first kappa shape index (κ1) is 76.1. The summed E-state index contributed by atoms with van der Waals surface area (Å²) in [5.41, 5.74) is 16.8. The van der Waals surface area contributed by atoms with E-state index >= 15 is 4.39 Å². The Morgan fingerprint density at radius 2 is 0.644 bits per heavy atom. The van der Waals surface area contributed by atoms with Crippen LogP contribution in [-0.2, 0) is 16.9 Å².